The molecule has 0 aliphatic rings. The number of hydrogen-bond acceptors (Lipinski definition) is 6. The number of thiophene rings is 1. The number of carbonyl (C=O) groups is 1. The molecule has 8 heteroatoms. The van der Waals surface area contributed by atoms with Crippen molar-refractivity contribution in [3.05, 3.63) is 44.6 Å². The van der Waals surface area contributed by atoms with E-state index in [-0.39, 0.29) is 5.91 Å². The molecule has 1 N–H and O–H groups in total. The molecule has 0 aliphatic carbocycles. The maximum atomic E-state index is 12.7. The van der Waals surface area contributed by atoms with Crippen LogP contribution in [0.4, 0.5) is 5.69 Å². The minimum atomic E-state index is -0.254. The highest BCUT2D eigenvalue weighted by molar-refractivity contribution is 7.17. The van der Waals surface area contributed by atoms with E-state index < -0.39 is 0 Å². The fraction of sp³-hybridized carbons (Fsp3) is 0.176. The second-order valence-electron chi connectivity index (χ2n) is 5.09. The minimum Gasteiger partial charge on any atom is -0.495 e. The number of halogens is 1. The van der Waals surface area contributed by atoms with Crippen LogP contribution in [0.1, 0.15) is 15.4 Å². The number of nitrogens with one attached hydrogen (secondary N) is 1. The predicted molar refractivity (Wildman–Crippen MR) is 103 cm³/mol. The average Bonchev–Trinajstić information content (AvgIpc) is 3.24. The Kier molecular flexibility index (Phi) is 5.27. The van der Waals surface area contributed by atoms with Gasteiger partial charge in [0, 0.05) is 17.0 Å². The minimum absolute atomic E-state index is 0.254. The van der Waals surface area contributed by atoms with Gasteiger partial charge in [-0.25, -0.2) is 4.98 Å². The quantitative estimate of drug-likeness (QED) is 0.653. The summed E-state index contributed by atoms with van der Waals surface area (Å²) in [6.45, 7) is 1.82. The maximum absolute atomic E-state index is 12.7. The van der Waals surface area contributed by atoms with E-state index in [0.717, 1.165) is 10.6 Å². The van der Waals surface area contributed by atoms with Gasteiger partial charge < -0.3 is 14.8 Å². The predicted octanol–water partition coefficient (Wildman–Crippen LogP) is 5.10. The van der Waals surface area contributed by atoms with Crippen molar-refractivity contribution < 1.29 is 14.3 Å². The largest absolute Gasteiger partial charge is 0.495 e. The highest BCUT2D eigenvalue weighted by Gasteiger charge is 2.19. The molecular weight excluding hydrogens is 380 g/mol. The second-order valence-corrected chi connectivity index (χ2v) is 7.27. The van der Waals surface area contributed by atoms with E-state index in [9.17, 15) is 4.79 Å². The molecule has 0 unspecified atom stereocenters. The van der Waals surface area contributed by atoms with Gasteiger partial charge in [0.15, 0.2) is 0 Å². The zero-order valence-electron chi connectivity index (χ0n) is 13.8. The topological polar surface area (TPSA) is 60.5 Å². The molecule has 0 saturated heterocycles. The van der Waals surface area contributed by atoms with Crippen LogP contribution in [-0.4, -0.2) is 25.1 Å². The van der Waals surface area contributed by atoms with E-state index >= 15 is 0 Å². The van der Waals surface area contributed by atoms with E-state index in [1.807, 2.05) is 23.8 Å². The smallest absolute Gasteiger partial charge is 0.267 e. The number of thiazole rings is 1. The molecule has 5 nitrogen and oxygen atoms in total. The average molecular weight is 395 g/mol. The molecule has 3 rings (SSSR count). The number of carbonyl (C=O) groups excluding carboxylic acids is 1. The number of anilines is 1. The van der Waals surface area contributed by atoms with Crippen molar-refractivity contribution >= 4 is 45.9 Å². The third kappa shape index (κ3) is 3.63. The van der Waals surface area contributed by atoms with Gasteiger partial charge in [-0.3, -0.25) is 4.79 Å². The summed E-state index contributed by atoms with van der Waals surface area (Å²) in [6, 6.07) is 5.22. The first-order valence-corrected chi connectivity index (χ1v) is 9.40. The Labute approximate surface area is 158 Å². The molecule has 25 heavy (non-hydrogen) atoms. The fourth-order valence-corrected chi connectivity index (χ4v) is 4.17. The fourth-order valence-electron chi connectivity index (χ4n) is 2.25. The first-order chi connectivity index (χ1) is 12.0. The SMILES string of the molecule is COc1cc(OC)c(NC(=O)c2sc(-c3ccsc3)nc2C)cc1Cl. The molecule has 0 saturated carbocycles. The summed E-state index contributed by atoms with van der Waals surface area (Å²) in [6.07, 6.45) is 0. The Morgan fingerprint density at radius 2 is 2.00 bits per heavy atom. The van der Waals surface area contributed by atoms with Crippen molar-refractivity contribution in [1.29, 1.82) is 0 Å². The number of rotatable bonds is 5. The van der Waals surface area contributed by atoms with Crippen molar-refractivity contribution in [2.24, 2.45) is 0 Å². The number of nitrogens with zero attached hydrogens (tertiary/aromatic N) is 1. The van der Waals surface area contributed by atoms with E-state index in [0.29, 0.717) is 32.8 Å². The third-order valence-corrected chi connectivity index (χ3v) is 5.68. The van der Waals surface area contributed by atoms with Gasteiger partial charge in [0.1, 0.15) is 21.4 Å². The van der Waals surface area contributed by atoms with Crippen LogP contribution in [-0.2, 0) is 0 Å². The van der Waals surface area contributed by atoms with Crippen LogP contribution in [0.3, 0.4) is 0 Å². The maximum Gasteiger partial charge on any atom is 0.267 e. The van der Waals surface area contributed by atoms with Gasteiger partial charge in [-0.05, 0) is 24.4 Å². The monoisotopic (exact) mass is 394 g/mol. The molecule has 0 aliphatic heterocycles. The molecule has 1 amide bonds. The normalized spacial score (nSPS) is 10.6. The summed E-state index contributed by atoms with van der Waals surface area (Å²) in [7, 11) is 3.04. The highest BCUT2D eigenvalue weighted by atomic mass is 35.5. The van der Waals surface area contributed by atoms with E-state index in [4.69, 9.17) is 21.1 Å². The van der Waals surface area contributed by atoms with Crippen LogP contribution in [0, 0.1) is 6.92 Å². The van der Waals surface area contributed by atoms with Crippen LogP contribution in [0.5, 0.6) is 11.5 Å². The van der Waals surface area contributed by atoms with Crippen molar-refractivity contribution in [1.82, 2.24) is 4.98 Å². The van der Waals surface area contributed by atoms with Gasteiger partial charge in [0.05, 0.1) is 30.6 Å². The first kappa shape index (κ1) is 17.7. The number of methoxy groups -OCH3 is 2. The lowest BCUT2D eigenvalue weighted by atomic mass is 10.2. The summed E-state index contributed by atoms with van der Waals surface area (Å²) < 4.78 is 10.5. The van der Waals surface area contributed by atoms with Gasteiger partial charge in [0.2, 0.25) is 0 Å². The van der Waals surface area contributed by atoms with Crippen LogP contribution in [0.25, 0.3) is 10.6 Å². The van der Waals surface area contributed by atoms with Crippen molar-refractivity contribution in [2.75, 3.05) is 19.5 Å². The lowest BCUT2D eigenvalue weighted by Crippen LogP contribution is -2.12. The zero-order valence-corrected chi connectivity index (χ0v) is 16.1. The molecule has 1 aromatic carbocycles. The molecule has 0 radical (unpaired) electrons. The number of amides is 1. The van der Waals surface area contributed by atoms with Gasteiger partial charge in [-0.2, -0.15) is 11.3 Å². The summed E-state index contributed by atoms with van der Waals surface area (Å²) in [5.74, 6) is 0.691. The molecule has 2 aromatic heterocycles. The van der Waals surface area contributed by atoms with Crippen molar-refractivity contribution in [2.45, 2.75) is 6.92 Å². The molecule has 2 heterocycles. The Hall–Kier alpha value is -2.09. The van der Waals surface area contributed by atoms with Crippen LogP contribution < -0.4 is 14.8 Å². The van der Waals surface area contributed by atoms with E-state index in [1.165, 1.54) is 25.6 Å². The Balaban J connectivity index is 1.89. The third-order valence-electron chi connectivity index (χ3n) is 3.49. The van der Waals surface area contributed by atoms with Gasteiger partial charge in [-0.15, -0.1) is 11.3 Å². The highest BCUT2D eigenvalue weighted by Crippen LogP contribution is 2.37. The van der Waals surface area contributed by atoms with Crippen LogP contribution in [0.2, 0.25) is 5.02 Å². The first-order valence-electron chi connectivity index (χ1n) is 7.26. The standard InChI is InChI=1S/C17H15ClN2O3S2/c1-9-15(25-17(19-9)10-4-5-24-8-10)16(21)20-12-6-11(18)13(22-2)7-14(12)23-3/h4-8H,1-3H3,(H,20,21). The van der Waals surface area contributed by atoms with Gasteiger partial charge in [-0.1, -0.05) is 11.6 Å². The number of aryl methyl sites for hydroxylation is 1. The molecular formula is C17H15ClN2O3S2. The van der Waals surface area contributed by atoms with Crippen LogP contribution >= 0.6 is 34.3 Å². The van der Waals surface area contributed by atoms with Crippen LogP contribution in [0.15, 0.2) is 29.0 Å². The Morgan fingerprint density at radius 1 is 1.24 bits per heavy atom. The number of ether oxygens (including phenoxy) is 2. The van der Waals surface area contributed by atoms with Crippen molar-refractivity contribution in [3.63, 3.8) is 0 Å². The summed E-state index contributed by atoms with van der Waals surface area (Å²) in [5.41, 5.74) is 2.17. The van der Waals surface area contributed by atoms with Crippen molar-refractivity contribution in [3.8, 4) is 22.1 Å². The molecule has 0 bridgehead atoms. The van der Waals surface area contributed by atoms with E-state index in [2.05, 4.69) is 10.3 Å². The summed E-state index contributed by atoms with van der Waals surface area (Å²) in [5, 5.41) is 8.04. The zero-order chi connectivity index (χ0) is 18.0. The van der Waals surface area contributed by atoms with E-state index in [1.54, 1.807) is 23.5 Å². The summed E-state index contributed by atoms with van der Waals surface area (Å²) >= 11 is 9.10. The molecule has 0 atom stereocenters. The molecule has 0 spiro atoms. The Morgan fingerprint density at radius 3 is 2.64 bits per heavy atom. The summed E-state index contributed by atoms with van der Waals surface area (Å²) in [4.78, 5) is 17.7. The lowest BCUT2D eigenvalue weighted by molar-refractivity contribution is 0.102. The number of benzene rings is 1. The lowest BCUT2D eigenvalue weighted by Gasteiger charge is -2.12. The molecule has 130 valence electrons. The van der Waals surface area contributed by atoms with Gasteiger partial charge in [0.25, 0.3) is 5.91 Å². The Bertz CT molecular complexity index is 907. The molecule has 0 fully saturated rings. The number of hydrogen-bond donors (Lipinski definition) is 1. The van der Waals surface area contributed by atoms with Gasteiger partial charge >= 0.3 is 0 Å². The second kappa shape index (κ2) is 7.43. The number of aromatic nitrogens is 1. The molecule has 3 aromatic rings.